The smallest absolute Gasteiger partial charge is 0.000496 e. The molecule has 0 amide bonds. The van der Waals surface area contributed by atoms with Crippen LogP contribution in [0.3, 0.4) is 0 Å². The maximum atomic E-state index is 2.86. The zero-order valence-electron chi connectivity index (χ0n) is 4.03. The first-order chi connectivity index (χ1) is 2.50. The zero-order valence-corrected chi connectivity index (χ0v) is 4.03. The van der Waals surface area contributed by atoms with Gasteiger partial charge < -0.3 is 4.98 Å². The van der Waals surface area contributed by atoms with E-state index in [1.54, 1.807) is 0 Å². The van der Waals surface area contributed by atoms with Crippen molar-refractivity contribution in [2.24, 2.45) is 0 Å². The number of H-pyrrole nitrogens is 1. The lowest BCUT2D eigenvalue weighted by Crippen LogP contribution is -1.38. The fourth-order valence-electron chi connectivity index (χ4n) is 0.278. The number of aromatic nitrogens is 1. The van der Waals surface area contributed by atoms with Crippen molar-refractivity contribution in [2.75, 3.05) is 0 Å². The lowest BCUT2D eigenvalue weighted by Gasteiger charge is -1.49. The van der Waals surface area contributed by atoms with Gasteiger partial charge in [-0.05, 0) is 12.1 Å². The van der Waals surface area contributed by atoms with E-state index in [0.717, 1.165) is 0 Å². The standard InChI is InChI=1S/C4H5N.3FH/c1-2-4-5-3-1;;;/h1-5H;3*1H. The number of aromatic amines is 1. The van der Waals surface area contributed by atoms with E-state index in [-0.39, 0.29) is 14.1 Å². The maximum absolute atomic E-state index is 2.86. The van der Waals surface area contributed by atoms with Crippen molar-refractivity contribution >= 4 is 0 Å². The second-order valence-electron chi connectivity index (χ2n) is 0.885. The predicted octanol–water partition coefficient (Wildman–Crippen LogP) is 1.47. The minimum atomic E-state index is 0. The van der Waals surface area contributed by atoms with Crippen LogP contribution in [-0.2, 0) is 0 Å². The van der Waals surface area contributed by atoms with Crippen molar-refractivity contribution in [1.29, 1.82) is 0 Å². The first-order valence-electron chi connectivity index (χ1n) is 1.58. The van der Waals surface area contributed by atoms with Gasteiger partial charge in [0.1, 0.15) is 0 Å². The van der Waals surface area contributed by atoms with Crippen molar-refractivity contribution in [2.45, 2.75) is 0 Å². The summed E-state index contributed by atoms with van der Waals surface area (Å²) in [5, 5.41) is 0. The van der Waals surface area contributed by atoms with Crippen LogP contribution in [0.5, 0.6) is 0 Å². The molecule has 0 saturated heterocycles. The Bertz CT molecular complexity index is 67.8. The summed E-state index contributed by atoms with van der Waals surface area (Å²) < 4.78 is 0. The minimum Gasteiger partial charge on any atom is -0.368 e. The number of hydrogen-bond acceptors (Lipinski definition) is 0. The summed E-state index contributed by atoms with van der Waals surface area (Å²) in [7, 11) is 0. The van der Waals surface area contributed by atoms with E-state index >= 15 is 0 Å². The van der Waals surface area contributed by atoms with E-state index in [1.165, 1.54) is 0 Å². The highest BCUT2D eigenvalue weighted by Crippen LogP contribution is 1.72. The molecular formula is C4H8F3N. The molecule has 1 aromatic rings. The van der Waals surface area contributed by atoms with Crippen molar-refractivity contribution < 1.29 is 14.1 Å². The maximum Gasteiger partial charge on any atom is 0.000496 e. The summed E-state index contributed by atoms with van der Waals surface area (Å²) in [6, 6.07) is 3.89. The SMILES string of the molecule is F.F.F.c1cc[nH]c1. The molecule has 1 rings (SSSR count). The summed E-state index contributed by atoms with van der Waals surface area (Å²) in [5.41, 5.74) is 0. The molecule has 0 fully saturated rings. The normalized spacial score (nSPS) is 5.00. The van der Waals surface area contributed by atoms with Gasteiger partial charge in [-0.15, -0.1) is 0 Å². The second kappa shape index (κ2) is 9.42. The molecule has 4 heteroatoms. The van der Waals surface area contributed by atoms with Crippen LogP contribution in [-0.4, -0.2) is 4.98 Å². The van der Waals surface area contributed by atoms with E-state index < -0.39 is 0 Å². The van der Waals surface area contributed by atoms with Crippen molar-refractivity contribution in [3.05, 3.63) is 24.5 Å². The molecule has 0 aliphatic heterocycles. The molecular weight excluding hydrogens is 119 g/mol. The largest absolute Gasteiger partial charge is 0.368 e. The lowest BCUT2D eigenvalue weighted by molar-refractivity contribution is 1.11. The molecule has 0 saturated carbocycles. The van der Waals surface area contributed by atoms with Gasteiger partial charge in [-0.25, -0.2) is 0 Å². The average Bonchev–Trinajstić information content (AvgIpc) is 1.76. The third-order valence-corrected chi connectivity index (χ3v) is 0.496. The Morgan fingerprint density at radius 3 is 1.25 bits per heavy atom. The van der Waals surface area contributed by atoms with Crippen LogP contribution in [0.4, 0.5) is 14.1 Å². The van der Waals surface area contributed by atoms with Crippen LogP contribution in [0.15, 0.2) is 24.5 Å². The fraction of sp³-hybridized carbons (Fsp3) is 0. The van der Waals surface area contributed by atoms with Crippen molar-refractivity contribution in [3.63, 3.8) is 0 Å². The molecule has 1 aromatic heterocycles. The Labute approximate surface area is 44.8 Å². The fourth-order valence-corrected chi connectivity index (χ4v) is 0.278. The second-order valence-corrected chi connectivity index (χ2v) is 0.885. The van der Waals surface area contributed by atoms with Gasteiger partial charge in [-0.1, -0.05) is 0 Å². The van der Waals surface area contributed by atoms with E-state index in [4.69, 9.17) is 0 Å². The Morgan fingerprint density at radius 2 is 1.12 bits per heavy atom. The Morgan fingerprint density at radius 1 is 0.750 bits per heavy atom. The molecule has 50 valence electrons. The molecule has 1 heterocycles. The highest BCUT2D eigenvalue weighted by molar-refractivity contribution is 4.84. The minimum absolute atomic E-state index is 0. The molecule has 0 unspecified atom stereocenters. The number of nitrogens with one attached hydrogen (secondary N) is 1. The summed E-state index contributed by atoms with van der Waals surface area (Å²) in [6.45, 7) is 0. The molecule has 0 spiro atoms. The molecule has 1 N–H and O–H groups in total. The summed E-state index contributed by atoms with van der Waals surface area (Å²) in [5.74, 6) is 0. The lowest BCUT2D eigenvalue weighted by atomic mass is 10.7. The Kier molecular flexibility index (Phi) is 18.5. The van der Waals surface area contributed by atoms with Gasteiger partial charge in [0.2, 0.25) is 0 Å². The monoisotopic (exact) mass is 127 g/mol. The van der Waals surface area contributed by atoms with E-state index in [1.807, 2.05) is 24.5 Å². The summed E-state index contributed by atoms with van der Waals surface area (Å²) in [4.78, 5) is 2.86. The predicted molar refractivity (Wildman–Crippen MR) is 28.3 cm³/mol. The summed E-state index contributed by atoms with van der Waals surface area (Å²) >= 11 is 0. The number of rotatable bonds is 0. The van der Waals surface area contributed by atoms with Crippen LogP contribution in [0.1, 0.15) is 0 Å². The molecule has 0 aliphatic carbocycles. The van der Waals surface area contributed by atoms with Gasteiger partial charge in [0, 0.05) is 12.4 Å². The van der Waals surface area contributed by atoms with Gasteiger partial charge in [-0.2, -0.15) is 0 Å². The molecule has 0 bridgehead atoms. The average molecular weight is 127 g/mol. The quantitative estimate of drug-likeness (QED) is 0.543. The Hall–Kier alpha value is -0.930. The van der Waals surface area contributed by atoms with Crippen LogP contribution in [0.25, 0.3) is 0 Å². The van der Waals surface area contributed by atoms with E-state index in [2.05, 4.69) is 4.98 Å². The van der Waals surface area contributed by atoms with Crippen LogP contribution >= 0.6 is 0 Å². The number of halogens is 3. The van der Waals surface area contributed by atoms with Crippen LogP contribution in [0.2, 0.25) is 0 Å². The van der Waals surface area contributed by atoms with Crippen molar-refractivity contribution in [3.8, 4) is 0 Å². The highest BCUT2D eigenvalue weighted by Gasteiger charge is 1.55. The molecule has 0 aliphatic rings. The van der Waals surface area contributed by atoms with Gasteiger partial charge in [0.05, 0.1) is 0 Å². The first kappa shape index (κ1) is 15.7. The molecule has 0 atom stereocenters. The topological polar surface area (TPSA) is 15.8 Å². The van der Waals surface area contributed by atoms with Gasteiger partial charge in [0.15, 0.2) is 0 Å². The zero-order chi connectivity index (χ0) is 3.54. The summed E-state index contributed by atoms with van der Waals surface area (Å²) in [6.07, 6.45) is 3.75. The third-order valence-electron chi connectivity index (χ3n) is 0.496. The van der Waals surface area contributed by atoms with Crippen LogP contribution < -0.4 is 0 Å². The molecule has 0 radical (unpaired) electrons. The van der Waals surface area contributed by atoms with E-state index in [0.29, 0.717) is 0 Å². The molecule has 0 aromatic carbocycles. The first-order valence-corrected chi connectivity index (χ1v) is 1.58. The van der Waals surface area contributed by atoms with Crippen molar-refractivity contribution in [1.82, 2.24) is 4.98 Å². The highest BCUT2D eigenvalue weighted by atomic mass is 19.0. The van der Waals surface area contributed by atoms with Gasteiger partial charge in [-0.3, -0.25) is 14.1 Å². The van der Waals surface area contributed by atoms with Gasteiger partial charge in [0.25, 0.3) is 0 Å². The molecule has 8 heavy (non-hydrogen) atoms. The third kappa shape index (κ3) is 5.07. The van der Waals surface area contributed by atoms with Crippen LogP contribution in [0, 0.1) is 0 Å². The van der Waals surface area contributed by atoms with E-state index in [9.17, 15) is 0 Å². The van der Waals surface area contributed by atoms with Gasteiger partial charge >= 0.3 is 0 Å². The molecule has 1 nitrogen and oxygen atoms in total. The Balaban J connectivity index is -0.0000000833. The number of hydrogen-bond donors (Lipinski definition) is 1.